The van der Waals surface area contributed by atoms with Gasteiger partial charge in [-0.15, -0.1) is 11.8 Å². The minimum atomic E-state index is -0.821. The summed E-state index contributed by atoms with van der Waals surface area (Å²) in [4.78, 5) is 37.6. The van der Waals surface area contributed by atoms with E-state index in [1.54, 1.807) is 36.4 Å². The maximum Gasteiger partial charge on any atom is 0.357 e. The summed E-state index contributed by atoms with van der Waals surface area (Å²) < 4.78 is 11.2. The molecule has 0 fully saturated rings. The number of thioether (sulfide) groups is 1. The summed E-state index contributed by atoms with van der Waals surface area (Å²) >= 11 is 1.43. The number of hydrogen-bond acceptors (Lipinski definition) is 8. The molecule has 0 atom stereocenters. The number of esters is 2. The first-order valence-corrected chi connectivity index (χ1v) is 11.7. The van der Waals surface area contributed by atoms with Crippen molar-refractivity contribution in [1.82, 2.24) is 9.78 Å². The van der Waals surface area contributed by atoms with E-state index in [2.05, 4.69) is 5.10 Å². The highest BCUT2D eigenvalue weighted by atomic mass is 32.2. The number of carbonyl (C=O) groups excluding carboxylic acids is 2. The monoisotopic (exact) mass is 503 g/mol. The van der Waals surface area contributed by atoms with E-state index in [1.165, 1.54) is 42.8 Å². The number of benzene rings is 3. The number of carbonyl (C=O) groups is 2. The third-order valence-electron chi connectivity index (χ3n) is 5.32. The molecule has 0 amide bonds. The lowest BCUT2D eigenvalue weighted by Crippen LogP contribution is -2.15. The SMILES string of the molecule is COC(=O)c1c(-c2cc([N+](=O)[O-])ccc2SCc2ccccc2)nn(-c2ccccc2)c1C(=O)OC. The maximum absolute atomic E-state index is 13.0. The Kier molecular flexibility index (Phi) is 7.45. The highest BCUT2D eigenvalue weighted by Crippen LogP contribution is 2.38. The molecule has 10 heteroatoms. The van der Waals surface area contributed by atoms with E-state index in [0.29, 0.717) is 21.9 Å². The average Bonchev–Trinajstić information content (AvgIpc) is 3.32. The van der Waals surface area contributed by atoms with Gasteiger partial charge in [0.05, 0.1) is 24.8 Å². The van der Waals surface area contributed by atoms with Crippen LogP contribution in [0.4, 0.5) is 5.69 Å². The van der Waals surface area contributed by atoms with E-state index in [9.17, 15) is 19.7 Å². The number of nitro groups is 1. The normalized spacial score (nSPS) is 10.6. The zero-order valence-electron chi connectivity index (χ0n) is 19.4. The molecule has 4 aromatic rings. The first-order valence-electron chi connectivity index (χ1n) is 10.7. The van der Waals surface area contributed by atoms with E-state index in [1.807, 2.05) is 30.3 Å². The van der Waals surface area contributed by atoms with Crippen LogP contribution in [0, 0.1) is 10.1 Å². The molecule has 0 spiro atoms. The quantitative estimate of drug-likeness (QED) is 0.138. The Morgan fingerprint density at radius 2 is 1.58 bits per heavy atom. The standard InChI is InChI=1S/C26H21N3O6S/c1-34-25(30)22-23(27-28(24(22)26(31)35-2)18-11-7-4-8-12-18)20-15-19(29(32)33)13-14-21(20)36-16-17-9-5-3-6-10-17/h3-15H,16H2,1-2H3. The van der Waals surface area contributed by atoms with Crippen molar-refractivity contribution in [3.63, 3.8) is 0 Å². The Morgan fingerprint density at radius 3 is 2.19 bits per heavy atom. The molecule has 3 aromatic carbocycles. The number of ether oxygens (including phenoxy) is 2. The van der Waals surface area contributed by atoms with Crippen LogP contribution in [-0.4, -0.2) is 40.9 Å². The largest absolute Gasteiger partial charge is 0.465 e. The van der Waals surface area contributed by atoms with Crippen molar-refractivity contribution in [2.24, 2.45) is 0 Å². The number of methoxy groups -OCH3 is 2. The zero-order valence-corrected chi connectivity index (χ0v) is 20.2. The molecule has 36 heavy (non-hydrogen) atoms. The van der Waals surface area contributed by atoms with Gasteiger partial charge in [-0.1, -0.05) is 48.5 Å². The van der Waals surface area contributed by atoms with Crippen molar-refractivity contribution in [2.45, 2.75) is 10.6 Å². The van der Waals surface area contributed by atoms with Crippen LogP contribution in [0.5, 0.6) is 0 Å². The third kappa shape index (κ3) is 4.98. The minimum Gasteiger partial charge on any atom is -0.465 e. The lowest BCUT2D eigenvalue weighted by molar-refractivity contribution is -0.384. The van der Waals surface area contributed by atoms with Crippen LogP contribution >= 0.6 is 11.8 Å². The highest BCUT2D eigenvalue weighted by molar-refractivity contribution is 7.98. The van der Waals surface area contributed by atoms with Gasteiger partial charge < -0.3 is 9.47 Å². The number of rotatable bonds is 8. The van der Waals surface area contributed by atoms with Crippen LogP contribution < -0.4 is 0 Å². The Hall–Kier alpha value is -4.44. The van der Waals surface area contributed by atoms with Crippen molar-refractivity contribution in [3.05, 3.63) is 106 Å². The molecule has 4 rings (SSSR count). The Balaban J connectivity index is 1.96. The Morgan fingerprint density at radius 1 is 0.944 bits per heavy atom. The van der Waals surface area contributed by atoms with Gasteiger partial charge in [0.25, 0.3) is 5.69 Å². The molecule has 0 aliphatic carbocycles. The number of non-ortho nitro benzene ring substituents is 1. The predicted molar refractivity (Wildman–Crippen MR) is 134 cm³/mol. The van der Waals surface area contributed by atoms with Crippen LogP contribution in [0.2, 0.25) is 0 Å². The molecule has 0 radical (unpaired) electrons. The van der Waals surface area contributed by atoms with Crippen molar-refractivity contribution in [2.75, 3.05) is 14.2 Å². The number of aromatic nitrogens is 2. The lowest BCUT2D eigenvalue weighted by atomic mass is 10.0. The van der Waals surface area contributed by atoms with Gasteiger partial charge in [-0.25, -0.2) is 14.3 Å². The molecule has 0 unspecified atom stereocenters. The Bertz CT molecular complexity index is 1420. The summed E-state index contributed by atoms with van der Waals surface area (Å²) in [7, 11) is 2.38. The van der Waals surface area contributed by atoms with Crippen molar-refractivity contribution in [3.8, 4) is 16.9 Å². The molecule has 0 saturated heterocycles. The van der Waals surface area contributed by atoms with E-state index in [-0.39, 0.29) is 22.6 Å². The summed E-state index contributed by atoms with van der Waals surface area (Å²) in [5, 5.41) is 16.2. The third-order valence-corrected chi connectivity index (χ3v) is 6.47. The maximum atomic E-state index is 13.0. The van der Waals surface area contributed by atoms with Crippen LogP contribution in [-0.2, 0) is 15.2 Å². The predicted octanol–water partition coefficient (Wildman–Crippen LogP) is 5.31. The van der Waals surface area contributed by atoms with Crippen molar-refractivity contribution >= 4 is 29.4 Å². The zero-order chi connectivity index (χ0) is 25.7. The summed E-state index contributed by atoms with van der Waals surface area (Å²) in [6.07, 6.45) is 0. The first-order chi connectivity index (χ1) is 17.4. The minimum absolute atomic E-state index is 0.0744. The smallest absolute Gasteiger partial charge is 0.357 e. The molecule has 1 aromatic heterocycles. The fraction of sp³-hybridized carbons (Fsp3) is 0.115. The molecule has 182 valence electrons. The summed E-state index contributed by atoms with van der Waals surface area (Å²) in [6.45, 7) is 0. The van der Waals surface area contributed by atoms with Gasteiger partial charge in [-0.3, -0.25) is 10.1 Å². The molecule has 0 aliphatic heterocycles. The number of para-hydroxylation sites is 1. The summed E-state index contributed by atoms with van der Waals surface area (Å²) in [5.41, 5.74) is 1.48. The molecule has 0 N–H and O–H groups in total. The van der Waals surface area contributed by atoms with Gasteiger partial charge >= 0.3 is 11.9 Å². The van der Waals surface area contributed by atoms with Crippen LogP contribution in [0.15, 0.2) is 83.8 Å². The van der Waals surface area contributed by atoms with Gasteiger partial charge in [0.1, 0.15) is 11.3 Å². The fourth-order valence-electron chi connectivity index (χ4n) is 3.62. The second-order valence-electron chi connectivity index (χ2n) is 7.51. The van der Waals surface area contributed by atoms with Gasteiger partial charge in [0, 0.05) is 28.3 Å². The van der Waals surface area contributed by atoms with Gasteiger partial charge in [0.15, 0.2) is 5.69 Å². The molecular weight excluding hydrogens is 482 g/mol. The lowest BCUT2D eigenvalue weighted by Gasteiger charge is -2.09. The van der Waals surface area contributed by atoms with E-state index in [0.717, 1.165) is 5.56 Å². The van der Waals surface area contributed by atoms with E-state index < -0.39 is 16.9 Å². The fourth-order valence-corrected chi connectivity index (χ4v) is 4.61. The molecular formula is C26H21N3O6S. The first kappa shape index (κ1) is 24.7. The van der Waals surface area contributed by atoms with Gasteiger partial charge in [-0.05, 0) is 23.8 Å². The van der Waals surface area contributed by atoms with Crippen molar-refractivity contribution < 1.29 is 24.0 Å². The molecule has 0 bridgehead atoms. The van der Waals surface area contributed by atoms with Gasteiger partial charge in [0.2, 0.25) is 0 Å². The van der Waals surface area contributed by atoms with E-state index in [4.69, 9.17) is 9.47 Å². The summed E-state index contributed by atoms with van der Waals surface area (Å²) in [6, 6.07) is 22.8. The van der Waals surface area contributed by atoms with Gasteiger partial charge in [-0.2, -0.15) is 5.10 Å². The Labute approximate surface area is 210 Å². The highest BCUT2D eigenvalue weighted by Gasteiger charge is 2.32. The average molecular weight is 504 g/mol. The van der Waals surface area contributed by atoms with Crippen LogP contribution in [0.1, 0.15) is 26.4 Å². The summed E-state index contributed by atoms with van der Waals surface area (Å²) in [5.74, 6) is -1.05. The number of nitro benzene ring substituents is 1. The van der Waals surface area contributed by atoms with Crippen LogP contribution in [0.25, 0.3) is 16.9 Å². The number of nitrogens with zero attached hydrogens (tertiary/aromatic N) is 3. The molecule has 1 heterocycles. The number of hydrogen-bond donors (Lipinski definition) is 0. The second-order valence-corrected chi connectivity index (χ2v) is 8.53. The van der Waals surface area contributed by atoms with E-state index >= 15 is 0 Å². The topological polar surface area (TPSA) is 114 Å². The molecule has 9 nitrogen and oxygen atoms in total. The van der Waals surface area contributed by atoms with Crippen molar-refractivity contribution in [1.29, 1.82) is 0 Å². The molecule has 0 aliphatic rings. The van der Waals surface area contributed by atoms with Crippen LogP contribution in [0.3, 0.4) is 0 Å². The second kappa shape index (κ2) is 10.9. The molecule has 0 saturated carbocycles.